The van der Waals surface area contributed by atoms with E-state index in [0.717, 1.165) is 19.6 Å². The maximum absolute atomic E-state index is 10.5. The second kappa shape index (κ2) is 6.30. The quantitative estimate of drug-likeness (QED) is 0.457. The van der Waals surface area contributed by atoms with Gasteiger partial charge in [0, 0.05) is 25.2 Å². The van der Waals surface area contributed by atoms with E-state index in [2.05, 4.69) is 10.6 Å². The van der Waals surface area contributed by atoms with Crippen molar-refractivity contribution in [2.45, 2.75) is 6.92 Å². The molecule has 1 rings (SSSR count). The first-order chi connectivity index (χ1) is 7.65. The minimum Gasteiger partial charge on any atom is -0.383 e. The number of anilines is 1. The minimum absolute atomic E-state index is 0.00207. The Kier molecular flexibility index (Phi) is 5.01. The lowest BCUT2D eigenvalue weighted by atomic mass is 10.3. The molecule has 0 unspecified atom stereocenters. The normalized spacial score (nSPS) is 10.1. The molecule has 16 heavy (non-hydrogen) atoms. The van der Waals surface area contributed by atoms with Crippen LogP contribution in [-0.4, -0.2) is 24.6 Å². The van der Waals surface area contributed by atoms with Crippen LogP contribution < -0.4 is 10.6 Å². The van der Waals surface area contributed by atoms with Gasteiger partial charge in [0.1, 0.15) is 0 Å². The number of nitrogens with one attached hydrogen (secondary N) is 2. The first-order valence-corrected chi connectivity index (χ1v) is 5.41. The molecule has 0 atom stereocenters. The van der Waals surface area contributed by atoms with Crippen molar-refractivity contribution in [2.24, 2.45) is 0 Å². The number of hydrogen-bond acceptors (Lipinski definition) is 4. The molecule has 0 fully saturated rings. The summed E-state index contributed by atoms with van der Waals surface area (Å²) in [6.07, 6.45) is 0. The molecule has 0 bridgehead atoms. The standard InChI is InChI=1S/C10H14ClN3O2/c1-2-12-5-6-13-10-4-3-8(14(15)16)7-9(10)11/h3-4,7,12-13H,2,5-6H2,1H3. The van der Waals surface area contributed by atoms with Crippen molar-refractivity contribution in [3.8, 4) is 0 Å². The number of benzene rings is 1. The molecule has 0 aromatic heterocycles. The maximum atomic E-state index is 10.5. The highest BCUT2D eigenvalue weighted by molar-refractivity contribution is 6.33. The van der Waals surface area contributed by atoms with Crippen LogP contribution in [-0.2, 0) is 0 Å². The molecule has 2 N–H and O–H groups in total. The van der Waals surface area contributed by atoms with Gasteiger partial charge in [0.05, 0.1) is 15.6 Å². The van der Waals surface area contributed by atoms with Crippen molar-refractivity contribution in [1.82, 2.24) is 5.32 Å². The smallest absolute Gasteiger partial charge is 0.271 e. The van der Waals surface area contributed by atoms with Crippen molar-refractivity contribution >= 4 is 23.0 Å². The molecular weight excluding hydrogens is 230 g/mol. The van der Waals surface area contributed by atoms with Gasteiger partial charge in [0.2, 0.25) is 0 Å². The Morgan fingerprint density at radius 2 is 2.19 bits per heavy atom. The molecule has 0 spiro atoms. The molecule has 88 valence electrons. The van der Waals surface area contributed by atoms with Gasteiger partial charge in [-0.15, -0.1) is 0 Å². The van der Waals surface area contributed by atoms with Crippen LogP contribution in [0.4, 0.5) is 11.4 Å². The minimum atomic E-state index is -0.464. The van der Waals surface area contributed by atoms with Gasteiger partial charge >= 0.3 is 0 Å². The summed E-state index contributed by atoms with van der Waals surface area (Å²) in [5.74, 6) is 0. The van der Waals surface area contributed by atoms with Crippen LogP contribution in [0.5, 0.6) is 0 Å². The van der Waals surface area contributed by atoms with Crippen molar-refractivity contribution in [3.05, 3.63) is 33.3 Å². The maximum Gasteiger partial charge on any atom is 0.271 e. The SMILES string of the molecule is CCNCCNc1ccc([N+](=O)[O-])cc1Cl. The number of likely N-dealkylation sites (N-methyl/N-ethyl adjacent to an activating group) is 1. The van der Waals surface area contributed by atoms with Crippen LogP contribution in [0.15, 0.2) is 18.2 Å². The molecule has 0 amide bonds. The molecule has 5 nitrogen and oxygen atoms in total. The zero-order valence-corrected chi connectivity index (χ0v) is 9.75. The fourth-order valence-corrected chi connectivity index (χ4v) is 1.46. The highest BCUT2D eigenvalue weighted by Crippen LogP contribution is 2.26. The number of halogens is 1. The third kappa shape index (κ3) is 3.67. The fourth-order valence-electron chi connectivity index (χ4n) is 1.22. The highest BCUT2D eigenvalue weighted by atomic mass is 35.5. The largest absolute Gasteiger partial charge is 0.383 e. The Bertz CT molecular complexity index is 371. The molecule has 6 heteroatoms. The predicted molar refractivity (Wildman–Crippen MR) is 65.1 cm³/mol. The van der Waals surface area contributed by atoms with Crippen molar-refractivity contribution in [2.75, 3.05) is 25.0 Å². The summed E-state index contributed by atoms with van der Waals surface area (Å²) in [4.78, 5) is 10.0. The molecule has 0 aliphatic carbocycles. The lowest BCUT2D eigenvalue weighted by molar-refractivity contribution is -0.384. The zero-order valence-electron chi connectivity index (χ0n) is 9.00. The summed E-state index contributed by atoms with van der Waals surface area (Å²) in [5, 5.41) is 17.1. The number of nitro groups is 1. The predicted octanol–water partition coefficient (Wildman–Crippen LogP) is 2.27. The third-order valence-electron chi connectivity index (χ3n) is 2.03. The van der Waals surface area contributed by atoms with Crippen LogP contribution in [0.1, 0.15) is 6.92 Å². The number of non-ortho nitro benzene ring substituents is 1. The summed E-state index contributed by atoms with van der Waals surface area (Å²) in [6, 6.07) is 4.39. The third-order valence-corrected chi connectivity index (χ3v) is 2.34. The summed E-state index contributed by atoms with van der Waals surface area (Å²) in [5.41, 5.74) is 0.715. The number of rotatable bonds is 6. The second-order valence-electron chi connectivity index (χ2n) is 3.20. The van der Waals surface area contributed by atoms with Crippen molar-refractivity contribution in [3.63, 3.8) is 0 Å². The molecule has 0 saturated carbocycles. The van der Waals surface area contributed by atoms with E-state index in [1.807, 2.05) is 6.92 Å². The summed E-state index contributed by atoms with van der Waals surface area (Å²) < 4.78 is 0. The van der Waals surface area contributed by atoms with Crippen LogP contribution in [0, 0.1) is 10.1 Å². The van der Waals surface area contributed by atoms with Crippen LogP contribution in [0.2, 0.25) is 5.02 Å². The molecule has 0 aliphatic heterocycles. The summed E-state index contributed by atoms with van der Waals surface area (Å²) in [6.45, 7) is 4.49. The topological polar surface area (TPSA) is 67.2 Å². The Hall–Kier alpha value is -1.33. The van der Waals surface area contributed by atoms with Crippen LogP contribution >= 0.6 is 11.6 Å². The number of hydrogen-bond donors (Lipinski definition) is 2. The number of nitrogens with zero attached hydrogens (tertiary/aromatic N) is 1. The van der Waals surface area contributed by atoms with Crippen molar-refractivity contribution in [1.29, 1.82) is 0 Å². The average Bonchev–Trinajstić information content (AvgIpc) is 2.26. The lowest BCUT2D eigenvalue weighted by Gasteiger charge is -2.08. The molecule has 1 aromatic carbocycles. The first-order valence-electron chi connectivity index (χ1n) is 5.03. The monoisotopic (exact) mass is 243 g/mol. The molecule has 1 aromatic rings. The van der Waals surface area contributed by atoms with E-state index < -0.39 is 4.92 Å². The van der Waals surface area contributed by atoms with E-state index in [4.69, 9.17) is 11.6 Å². The molecular formula is C10H14ClN3O2. The number of nitro benzene ring substituents is 1. The molecule has 0 aliphatic rings. The van der Waals surface area contributed by atoms with E-state index in [0.29, 0.717) is 10.7 Å². The van der Waals surface area contributed by atoms with E-state index in [1.54, 1.807) is 6.07 Å². The molecule has 0 heterocycles. The summed E-state index contributed by atoms with van der Waals surface area (Å²) in [7, 11) is 0. The van der Waals surface area contributed by atoms with Gasteiger partial charge < -0.3 is 10.6 Å². The van der Waals surface area contributed by atoms with Crippen molar-refractivity contribution < 1.29 is 4.92 Å². The van der Waals surface area contributed by atoms with Gasteiger partial charge in [-0.05, 0) is 12.6 Å². The van der Waals surface area contributed by atoms with E-state index >= 15 is 0 Å². The zero-order chi connectivity index (χ0) is 12.0. The molecule has 0 saturated heterocycles. The van der Waals surface area contributed by atoms with E-state index in [-0.39, 0.29) is 5.69 Å². The summed E-state index contributed by atoms with van der Waals surface area (Å²) >= 11 is 5.90. The lowest BCUT2D eigenvalue weighted by Crippen LogP contribution is -2.21. The fraction of sp³-hybridized carbons (Fsp3) is 0.400. The van der Waals surface area contributed by atoms with Gasteiger partial charge in [-0.1, -0.05) is 18.5 Å². The highest BCUT2D eigenvalue weighted by Gasteiger charge is 2.08. The van der Waals surface area contributed by atoms with Gasteiger partial charge in [0.15, 0.2) is 0 Å². The average molecular weight is 244 g/mol. The van der Waals surface area contributed by atoms with E-state index in [9.17, 15) is 10.1 Å². The first kappa shape index (κ1) is 12.7. The Morgan fingerprint density at radius 3 is 2.75 bits per heavy atom. The molecule has 0 radical (unpaired) electrons. The van der Waals surface area contributed by atoms with Gasteiger partial charge in [-0.2, -0.15) is 0 Å². The van der Waals surface area contributed by atoms with Gasteiger partial charge in [-0.25, -0.2) is 0 Å². The van der Waals surface area contributed by atoms with Gasteiger partial charge in [0.25, 0.3) is 5.69 Å². The van der Waals surface area contributed by atoms with E-state index in [1.165, 1.54) is 12.1 Å². The Balaban J connectivity index is 2.57. The van der Waals surface area contributed by atoms with Crippen LogP contribution in [0.3, 0.4) is 0 Å². The van der Waals surface area contributed by atoms with Crippen LogP contribution in [0.25, 0.3) is 0 Å². The second-order valence-corrected chi connectivity index (χ2v) is 3.61. The Morgan fingerprint density at radius 1 is 1.44 bits per heavy atom. The Labute approximate surface area is 98.9 Å². The van der Waals surface area contributed by atoms with Gasteiger partial charge in [-0.3, -0.25) is 10.1 Å².